The Labute approximate surface area is 121 Å². The van der Waals surface area contributed by atoms with Crippen molar-refractivity contribution >= 4 is 10.0 Å². The summed E-state index contributed by atoms with van der Waals surface area (Å²) in [7, 11) is -1.78. The smallest absolute Gasteiger partial charge is 0.243 e. The molecule has 1 aromatic rings. The van der Waals surface area contributed by atoms with Crippen molar-refractivity contribution in [1.29, 1.82) is 0 Å². The number of sulfonamides is 1. The summed E-state index contributed by atoms with van der Waals surface area (Å²) in [6.45, 7) is 2.07. The fourth-order valence-electron chi connectivity index (χ4n) is 2.21. The molecule has 0 saturated heterocycles. The Morgan fingerprint density at radius 3 is 2.65 bits per heavy atom. The lowest BCUT2D eigenvalue weighted by atomic mass is 9.94. The fraction of sp³-hybridized carbons (Fsp3) is 0.467. The number of nitrogens with zero attached hydrogens (tertiary/aromatic N) is 1. The first-order chi connectivity index (χ1) is 9.46. The number of hydrogen-bond acceptors (Lipinski definition) is 3. The zero-order valence-corrected chi connectivity index (χ0v) is 12.7. The molecular formula is C15H20N2O2S. The number of rotatable bonds is 3. The lowest BCUT2D eigenvalue weighted by molar-refractivity contribution is 0.249. The monoisotopic (exact) mass is 292 g/mol. The maximum atomic E-state index is 12.7. The van der Waals surface area contributed by atoms with Crippen LogP contribution in [0.4, 0.5) is 0 Å². The van der Waals surface area contributed by atoms with Gasteiger partial charge in [0.05, 0.1) is 11.4 Å². The Morgan fingerprint density at radius 2 is 2.10 bits per heavy atom. The van der Waals surface area contributed by atoms with E-state index >= 15 is 0 Å². The van der Waals surface area contributed by atoms with Crippen LogP contribution in [0.15, 0.2) is 23.1 Å². The molecule has 0 heterocycles. The topological polar surface area (TPSA) is 63.4 Å². The van der Waals surface area contributed by atoms with Crippen molar-refractivity contribution in [3.05, 3.63) is 29.3 Å². The zero-order valence-electron chi connectivity index (χ0n) is 11.9. The maximum absolute atomic E-state index is 12.7. The van der Waals surface area contributed by atoms with Crippen LogP contribution in [-0.4, -0.2) is 32.4 Å². The third-order valence-electron chi connectivity index (χ3n) is 3.77. The molecule has 0 spiro atoms. The van der Waals surface area contributed by atoms with Gasteiger partial charge >= 0.3 is 0 Å². The molecule has 1 aromatic carbocycles. The molecule has 0 aromatic heterocycles. The molecule has 0 bridgehead atoms. The summed E-state index contributed by atoms with van der Waals surface area (Å²) in [6.07, 6.45) is 2.99. The predicted molar refractivity (Wildman–Crippen MR) is 79.7 cm³/mol. The molecule has 2 rings (SSSR count). The normalized spacial score (nSPS) is 15.6. The molecule has 108 valence electrons. The Hall–Kier alpha value is -1.35. The number of nitrogens with two attached hydrogens (primary N) is 1. The van der Waals surface area contributed by atoms with Crippen LogP contribution in [-0.2, 0) is 10.0 Å². The summed E-state index contributed by atoms with van der Waals surface area (Å²) in [5.74, 6) is 5.63. The first-order valence-electron chi connectivity index (χ1n) is 6.74. The lowest BCUT2D eigenvalue weighted by Crippen LogP contribution is -2.41. The number of aryl methyl sites for hydroxylation is 1. The molecule has 1 aliphatic carbocycles. The van der Waals surface area contributed by atoms with Crippen LogP contribution in [0, 0.1) is 18.8 Å². The second kappa shape index (κ2) is 5.96. The Balaban J connectivity index is 2.39. The van der Waals surface area contributed by atoms with Crippen molar-refractivity contribution in [2.24, 2.45) is 5.73 Å². The molecule has 5 heteroatoms. The highest BCUT2D eigenvalue weighted by Crippen LogP contribution is 2.29. The molecule has 20 heavy (non-hydrogen) atoms. The summed E-state index contributed by atoms with van der Waals surface area (Å²) in [4.78, 5) is 0.343. The van der Waals surface area contributed by atoms with Gasteiger partial charge in [0.25, 0.3) is 0 Å². The second-order valence-electron chi connectivity index (χ2n) is 5.09. The van der Waals surface area contributed by atoms with Gasteiger partial charge in [0.2, 0.25) is 10.0 Å². The first kappa shape index (κ1) is 15.0. The van der Waals surface area contributed by atoms with Crippen molar-refractivity contribution < 1.29 is 8.42 Å². The average molecular weight is 292 g/mol. The molecule has 4 nitrogen and oxygen atoms in total. The highest BCUT2D eigenvalue weighted by molar-refractivity contribution is 7.89. The molecule has 0 aliphatic heterocycles. The van der Waals surface area contributed by atoms with E-state index in [9.17, 15) is 8.42 Å². The molecule has 1 fully saturated rings. The standard InChI is InChI=1S/C15H20N2O2S/c1-12-8-9-13(5-4-10-16)11-15(12)20(18,19)17(2)14-6-3-7-14/h8-9,11,14H,3,6-7,10,16H2,1-2H3. The van der Waals surface area contributed by atoms with Crippen LogP contribution in [0.3, 0.4) is 0 Å². The summed E-state index contributed by atoms with van der Waals surface area (Å²) in [6, 6.07) is 5.39. The van der Waals surface area contributed by atoms with Crippen molar-refractivity contribution in [3.8, 4) is 11.8 Å². The minimum atomic E-state index is -3.44. The minimum absolute atomic E-state index is 0.137. The van der Waals surface area contributed by atoms with Crippen molar-refractivity contribution in [2.45, 2.75) is 37.1 Å². The SMILES string of the molecule is Cc1ccc(C#CCN)cc1S(=O)(=O)N(C)C1CCC1. The van der Waals surface area contributed by atoms with Crippen LogP contribution in [0.25, 0.3) is 0 Å². The molecular weight excluding hydrogens is 272 g/mol. The van der Waals surface area contributed by atoms with Gasteiger partial charge in [0.1, 0.15) is 0 Å². The van der Waals surface area contributed by atoms with E-state index in [-0.39, 0.29) is 12.6 Å². The summed E-state index contributed by atoms with van der Waals surface area (Å²) >= 11 is 0. The van der Waals surface area contributed by atoms with E-state index in [1.807, 2.05) is 13.0 Å². The van der Waals surface area contributed by atoms with Crippen molar-refractivity contribution in [3.63, 3.8) is 0 Å². The lowest BCUT2D eigenvalue weighted by Gasteiger charge is -2.34. The van der Waals surface area contributed by atoms with Crippen LogP contribution in [0.5, 0.6) is 0 Å². The molecule has 0 atom stereocenters. The zero-order chi connectivity index (χ0) is 14.8. The first-order valence-corrected chi connectivity index (χ1v) is 8.18. The Morgan fingerprint density at radius 1 is 1.40 bits per heavy atom. The Bertz CT molecular complexity index is 652. The van der Waals surface area contributed by atoms with E-state index < -0.39 is 10.0 Å². The van der Waals surface area contributed by atoms with Crippen molar-refractivity contribution in [2.75, 3.05) is 13.6 Å². The van der Waals surface area contributed by atoms with E-state index in [0.29, 0.717) is 10.5 Å². The summed E-state index contributed by atoms with van der Waals surface area (Å²) in [5, 5.41) is 0. The van der Waals surface area contributed by atoms with E-state index in [2.05, 4.69) is 11.8 Å². The third-order valence-corrected chi connectivity index (χ3v) is 5.82. The predicted octanol–water partition coefficient (Wildman–Crippen LogP) is 1.48. The van der Waals surface area contributed by atoms with E-state index in [1.54, 1.807) is 19.2 Å². The van der Waals surface area contributed by atoms with Gasteiger partial charge in [-0.3, -0.25) is 0 Å². The van der Waals surface area contributed by atoms with Gasteiger partial charge in [-0.1, -0.05) is 24.3 Å². The molecule has 0 radical (unpaired) electrons. The number of hydrogen-bond donors (Lipinski definition) is 1. The second-order valence-corrected chi connectivity index (χ2v) is 7.06. The highest BCUT2D eigenvalue weighted by atomic mass is 32.2. The molecule has 2 N–H and O–H groups in total. The largest absolute Gasteiger partial charge is 0.320 e. The quantitative estimate of drug-likeness (QED) is 0.858. The van der Waals surface area contributed by atoms with Gasteiger partial charge in [0.15, 0.2) is 0 Å². The molecule has 0 unspecified atom stereocenters. The average Bonchev–Trinajstić information content (AvgIpc) is 2.35. The van der Waals surface area contributed by atoms with E-state index in [4.69, 9.17) is 5.73 Å². The van der Waals surface area contributed by atoms with E-state index in [1.165, 1.54) is 4.31 Å². The molecule has 1 aliphatic rings. The van der Waals surface area contributed by atoms with Gasteiger partial charge in [-0.2, -0.15) is 4.31 Å². The molecule has 1 saturated carbocycles. The van der Waals surface area contributed by atoms with Crippen LogP contribution in [0.2, 0.25) is 0 Å². The van der Waals surface area contributed by atoms with E-state index in [0.717, 1.165) is 24.8 Å². The van der Waals surface area contributed by atoms with Crippen LogP contribution in [0.1, 0.15) is 30.4 Å². The minimum Gasteiger partial charge on any atom is -0.320 e. The summed E-state index contributed by atoms with van der Waals surface area (Å²) < 4.78 is 26.8. The summed E-state index contributed by atoms with van der Waals surface area (Å²) in [5.41, 5.74) is 6.77. The molecule has 0 amide bonds. The van der Waals surface area contributed by atoms with Gasteiger partial charge < -0.3 is 5.73 Å². The number of benzene rings is 1. The van der Waals surface area contributed by atoms with Crippen molar-refractivity contribution in [1.82, 2.24) is 4.31 Å². The van der Waals surface area contributed by atoms with Gasteiger partial charge in [-0.05, 0) is 37.5 Å². The van der Waals surface area contributed by atoms with Crippen LogP contribution >= 0.6 is 0 Å². The van der Waals surface area contributed by atoms with Gasteiger partial charge in [-0.25, -0.2) is 8.42 Å². The maximum Gasteiger partial charge on any atom is 0.243 e. The third kappa shape index (κ3) is 2.88. The van der Waals surface area contributed by atoms with Gasteiger partial charge in [-0.15, -0.1) is 0 Å². The van der Waals surface area contributed by atoms with Crippen LogP contribution < -0.4 is 5.73 Å². The fourth-order valence-corrected chi connectivity index (χ4v) is 3.87. The van der Waals surface area contributed by atoms with Gasteiger partial charge in [0, 0.05) is 18.7 Å². The highest BCUT2D eigenvalue weighted by Gasteiger charge is 2.32. The Kier molecular flexibility index (Phi) is 4.48.